The molecule has 28 heavy (non-hydrogen) atoms. The van der Waals surface area contributed by atoms with E-state index in [0.29, 0.717) is 22.1 Å². The zero-order chi connectivity index (χ0) is 20.5. The lowest BCUT2D eigenvalue weighted by Crippen LogP contribution is -2.22. The third-order valence-electron chi connectivity index (χ3n) is 3.50. The lowest BCUT2D eigenvalue weighted by Gasteiger charge is -2.09. The van der Waals surface area contributed by atoms with Gasteiger partial charge in [-0.2, -0.15) is 0 Å². The third kappa shape index (κ3) is 7.09. The van der Waals surface area contributed by atoms with Crippen molar-refractivity contribution in [1.82, 2.24) is 0 Å². The number of nitrogens with one attached hydrogen (secondary N) is 2. The number of hydrogen-bond donors (Lipinski definition) is 2. The summed E-state index contributed by atoms with van der Waals surface area (Å²) in [6.45, 7) is -0.488. The average Bonchev–Trinajstić information content (AvgIpc) is 2.67. The van der Waals surface area contributed by atoms with Crippen LogP contribution in [0.15, 0.2) is 42.5 Å². The highest BCUT2D eigenvalue weighted by Crippen LogP contribution is 2.25. The van der Waals surface area contributed by atoms with Crippen LogP contribution in [0, 0.1) is 0 Å². The Bertz CT molecular complexity index is 856. The van der Waals surface area contributed by atoms with Crippen molar-refractivity contribution in [3.8, 4) is 5.75 Å². The summed E-state index contributed by atoms with van der Waals surface area (Å²) >= 11 is 11.7. The van der Waals surface area contributed by atoms with Crippen LogP contribution in [-0.2, 0) is 19.1 Å². The van der Waals surface area contributed by atoms with Crippen LogP contribution in [0.5, 0.6) is 5.75 Å². The first-order chi connectivity index (χ1) is 13.4. The van der Waals surface area contributed by atoms with Crippen molar-refractivity contribution in [1.29, 1.82) is 0 Å². The molecular formula is C19H18Cl2N2O5. The van der Waals surface area contributed by atoms with Gasteiger partial charge in [0.05, 0.1) is 24.2 Å². The molecule has 0 radical (unpaired) electrons. The molecule has 0 spiro atoms. The molecule has 0 aliphatic rings. The van der Waals surface area contributed by atoms with Gasteiger partial charge in [-0.15, -0.1) is 0 Å². The Labute approximate surface area is 171 Å². The number of rotatable bonds is 8. The topological polar surface area (TPSA) is 93.7 Å². The van der Waals surface area contributed by atoms with Gasteiger partial charge in [-0.25, -0.2) is 0 Å². The fraction of sp³-hybridized carbons (Fsp3) is 0.211. The maximum atomic E-state index is 11.9. The van der Waals surface area contributed by atoms with E-state index in [1.165, 1.54) is 12.1 Å². The van der Waals surface area contributed by atoms with Gasteiger partial charge in [0, 0.05) is 17.1 Å². The number of carbonyl (C=O) groups is 3. The summed E-state index contributed by atoms with van der Waals surface area (Å²) in [6.07, 6.45) is -0.230. The molecule has 0 aromatic heterocycles. The summed E-state index contributed by atoms with van der Waals surface area (Å²) in [5.74, 6) is -0.901. The Morgan fingerprint density at radius 1 is 0.929 bits per heavy atom. The Kier molecular flexibility index (Phi) is 8.10. The van der Waals surface area contributed by atoms with Crippen molar-refractivity contribution in [2.75, 3.05) is 24.4 Å². The number of halogens is 2. The number of esters is 1. The molecule has 2 amide bonds. The summed E-state index contributed by atoms with van der Waals surface area (Å²) in [7, 11) is 1.55. The van der Waals surface area contributed by atoms with E-state index in [-0.39, 0.29) is 23.8 Å². The van der Waals surface area contributed by atoms with E-state index in [0.717, 1.165) is 0 Å². The third-order valence-corrected chi connectivity index (χ3v) is 4.05. The summed E-state index contributed by atoms with van der Waals surface area (Å²) in [5, 5.41) is 5.85. The van der Waals surface area contributed by atoms with Gasteiger partial charge in [-0.1, -0.05) is 23.2 Å². The van der Waals surface area contributed by atoms with E-state index >= 15 is 0 Å². The highest BCUT2D eigenvalue weighted by molar-refractivity contribution is 6.36. The molecule has 0 aliphatic heterocycles. The molecule has 7 nitrogen and oxygen atoms in total. The van der Waals surface area contributed by atoms with Crippen molar-refractivity contribution < 1.29 is 23.9 Å². The predicted molar refractivity (Wildman–Crippen MR) is 107 cm³/mol. The lowest BCUT2D eigenvalue weighted by molar-refractivity contribution is -0.147. The maximum absolute atomic E-state index is 11.9. The van der Waals surface area contributed by atoms with Gasteiger partial charge in [-0.3, -0.25) is 14.4 Å². The van der Waals surface area contributed by atoms with Crippen LogP contribution < -0.4 is 15.4 Å². The van der Waals surface area contributed by atoms with Crippen LogP contribution in [0.1, 0.15) is 12.8 Å². The van der Waals surface area contributed by atoms with Crippen LogP contribution in [0.3, 0.4) is 0 Å². The molecule has 2 N–H and O–H groups in total. The van der Waals surface area contributed by atoms with E-state index in [9.17, 15) is 14.4 Å². The summed E-state index contributed by atoms with van der Waals surface area (Å²) in [6, 6.07) is 11.4. The molecule has 0 saturated heterocycles. The minimum Gasteiger partial charge on any atom is -0.497 e. The monoisotopic (exact) mass is 424 g/mol. The molecule has 148 valence electrons. The Morgan fingerprint density at radius 3 is 2.29 bits per heavy atom. The van der Waals surface area contributed by atoms with Crippen LogP contribution in [-0.4, -0.2) is 31.5 Å². The number of anilines is 2. The van der Waals surface area contributed by atoms with E-state index in [4.69, 9.17) is 32.7 Å². The Hall–Kier alpha value is -2.77. The van der Waals surface area contributed by atoms with Crippen LogP contribution in [0.2, 0.25) is 10.0 Å². The van der Waals surface area contributed by atoms with Crippen molar-refractivity contribution >= 4 is 52.4 Å². The Balaban J connectivity index is 1.69. The first kappa shape index (κ1) is 21.5. The second-order valence-electron chi connectivity index (χ2n) is 5.61. The molecule has 0 bridgehead atoms. The number of carbonyl (C=O) groups excluding carboxylic acids is 3. The number of ether oxygens (including phenoxy) is 2. The van der Waals surface area contributed by atoms with Crippen LogP contribution in [0.4, 0.5) is 11.4 Å². The van der Waals surface area contributed by atoms with Crippen molar-refractivity contribution in [2.45, 2.75) is 12.8 Å². The van der Waals surface area contributed by atoms with E-state index < -0.39 is 18.5 Å². The summed E-state index contributed by atoms with van der Waals surface area (Å²) in [5.41, 5.74) is 0.935. The van der Waals surface area contributed by atoms with E-state index in [2.05, 4.69) is 10.6 Å². The molecule has 2 rings (SSSR count). The fourth-order valence-electron chi connectivity index (χ4n) is 2.11. The molecule has 0 aliphatic carbocycles. The van der Waals surface area contributed by atoms with Crippen LogP contribution in [0.25, 0.3) is 0 Å². The minimum atomic E-state index is -0.665. The molecule has 9 heteroatoms. The second kappa shape index (κ2) is 10.5. The highest BCUT2D eigenvalue weighted by atomic mass is 35.5. The Morgan fingerprint density at radius 2 is 1.64 bits per heavy atom. The SMILES string of the molecule is COc1ccc(NC(=O)CCC(=O)OCC(=O)Nc2ccc(Cl)cc2Cl)cc1. The van der Waals surface area contributed by atoms with Gasteiger partial charge >= 0.3 is 5.97 Å². The summed E-state index contributed by atoms with van der Waals surface area (Å²) in [4.78, 5) is 35.4. The van der Waals surface area contributed by atoms with Gasteiger partial charge in [0.1, 0.15) is 5.75 Å². The minimum absolute atomic E-state index is 0.0739. The average molecular weight is 425 g/mol. The zero-order valence-corrected chi connectivity index (χ0v) is 16.5. The molecule has 0 atom stereocenters. The predicted octanol–water partition coefficient (Wildman–Crippen LogP) is 3.90. The van der Waals surface area contributed by atoms with Crippen molar-refractivity contribution in [2.24, 2.45) is 0 Å². The number of hydrogen-bond acceptors (Lipinski definition) is 5. The van der Waals surface area contributed by atoms with Crippen LogP contribution >= 0.6 is 23.2 Å². The van der Waals surface area contributed by atoms with Gasteiger partial charge in [0.15, 0.2) is 6.61 Å². The second-order valence-corrected chi connectivity index (χ2v) is 6.45. The van der Waals surface area contributed by atoms with Crippen molar-refractivity contribution in [3.05, 3.63) is 52.5 Å². The quantitative estimate of drug-likeness (QED) is 0.626. The zero-order valence-electron chi connectivity index (χ0n) is 15.0. The van der Waals surface area contributed by atoms with Gasteiger partial charge in [0.2, 0.25) is 5.91 Å². The lowest BCUT2D eigenvalue weighted by atomic mass is 10.2. The maximum Gasteiger partial charge on any atom is 0.306 e. The molecule has 0 fully saturated rings. The number of benzene rings is 2. The molecule has 0 saturated carbocycles. The fourth-order valence-corrected chi connectivity index (χ4v) is 2.56. The highest BCUT2D eigenvalue weighted by Gasteiger charge is 2.12. The smallest absolute Gasteiger partial charge is 0.306 e. The number of methoxy groups -OCH3 is 1. The molecule has 2 aromatic rings. The molecular weight excluding hydrogens is 407 g/mol. The van der Waals surface area contributed by atoms with Crippen molar-refractivity contribution in [3.63, 3.8) is 0 Å². The normalized spacial score (nSPS) is 10.1. The first-order valence-electron chi connectivity index (χ1n) is 8.22. The van der Waals surface area contributed by atoms with Gasteiger partial charge < -0.3 is 20.1 Å². The molecule has 0 unspecified atom stereocenters. The van der Waals surface area contributed by atoms with Gasteiger partial charge in [-0.05, 0) is 42.5 Å². The number of amides is 2. The standard InChI is InChI=1S/C19H18Cl2N2O5/c1-27-14-5-3-13(4-6-14)22-17(24)8-9-19(26)28-11-18(25)23-16-7-2-12(20)10-15(16)21/h2-7,10H,8-9,11H2,1H3,(H,22,24)(H,23,25). The molecule has 0 heterocycles. The molecule has 2 aromatic carbocycles. The van der Waals surface area contributed by atoms with Gasteiger partial charge in [0.25, 0.3) is 5.91 Å². The van der Waals surface area contributed by atoms with E-state index in [1.807, 2.05) is 0 Å². The first-order valence-corrected chi connectivity index (χ1v) is 8.97. The largest absolute Gasteiger partial charge is 0.497 e. The van der Waals surface area contributed by atoms with E-state index in [1.54, 1.807) is 37.4 Å². The summed E-state index contributed by atoms with van der Waals surface area (Å²) < 4.78 is 9.88.